The second-order valence-corrected chi connectivity index (χ2v) is 5.94. The van der Waals surface area contributed by atoms with Crippen LogP contribution in [-0.4, -0.2) is 40.2 Å². The molecule has 0 unspecified atom stereocenters. The number of hydrogen-bond donors (Lipinski definition) is 0. The lowest BCUT2D eigenvalue weighted by molar-refractivity contribution is 0.0742. The van der Waals surface area contributed by atoms with E-state index in [4.69, 9.17) is 9.15 Å². The minimum absolute atomic E-state index is 0.0738. The molecular weight excluding hydrogens is 306 g/mol. The summed E-state index contributed by atoms with van der Waals surface area (Å²) in [5.74, 6) is 0.753. The van der Waals surface area contributed by atoms with E-state index < -0.39 is 0 Å². The first-order chi connectivity index (χ1) is 11.7. The first-order valence-electron chi connectivity index (χ1n) is 7.94. The zero-order chi connectivity index (χ0) is 16.5. The molecule has 1 fully saturated rings. The zero-order valence-corrected chi connectivity index (χ0v) is 13.3. The van der Waals surface area contributed by atoms with Gasteiger partial charge in [0.2, 0.25) is 5.88 Å². The Balaban J connectivity index is 1.44. The molecule has 1 saturated heterocycles. The van der Waals surface area contributed by atoms with Crippen LogP contribution in [0, 0.1) is 6.92 Å². The van der Waals surface area contributed by atoms with Gasteiger partial charge in [-0.3, -0.25) is 4.79 Å². The van der Waals surface area contributed by atoms with E-state index in [2.05, 4.69) is 10.2 Å². The zero-order valence-electron chi connectivity index (χ0n) is 13.3. The fourth-order valence-electron chi connectivity index (χ4n) is 2.87. The number of hydrogen-bond acceptors (Lipinski definition) is 5. The average Bonchev–Trinajstić information content (AvgIpc) is 3.23. The van der Waals surface area contributed by atoms with Gasteiger partial charge in [-0.15, -0.1) is 5.10 Å². The summed E-state index contributed by atoms with van der Waals surface area (Å²) in [6.45, 7) is 3.03. The maximum absolute atomic E-state index is 12.6. The number of carbonyl (C=O) groups is 1. The van der Waals surface area contributed by atoms with Gasteiger partial charge in [0.15, 0.2) is 5.76 Å². The topological polar surface area (TPSA) is 68.5 Å². The van der Waals surface area contributed by atoms with Crippen LogP contribution in [0.3, 0.4) is 0 Å². The summed E-state index contributed by atoms with van der Waals surface area (Å²) in [5, 5.41) is 8.91. The smallest absolute Gasteiger partial charge is 0.289 e. The highest BCUT2D eigenvalue weighted by atomic mass is 16.5. The molecule has 6 nitrogen and oxygen atoms in total. The minimum Gasteiger partial charge on any atom is -0.471 e. The summed E-state index contributed by atoms with van der Waals surface area (Å²) in [6, 6.07) is 13.1. The first kappa shape index (κ1) is 14.7. The van der Waals surface area contributed by atoms with Crippen LogP contribution >= 0.6 is 0 Å². The van der Waals surface area contributed by atoms with Crippen LogP contribution in [0.25, 0.3) is 11.0 Å². The third-order valence-corrected chi connectivity index (χ3v) is 4.13. The van der Waals surface area contributed by atoms with E-state index >= 15 is 0 Å². The minimum atomic E-state index is -0.104. The van der Waals surface area contributed by atoms with Crippen LogP contribution in [0.4, 0.5) is 0 Å². The van der Waals surface area contributed by atoms with Crippen molar-refractivity contribution in [2.45, 2.75) is 19.4 Å². The fraction of sp³-hybridized carbons (Fsp3) is 0.278. The molecule has 1 atom stereocenters. The van der Waals surface area contributed by atoms with Gasteiger partial charge in [0.25, 0.3) is 5.91 Å². The van der Waals surface area contributed by atoms with Crippen molar-refractivity contribution in [3.8, 4) is 5.88 Å². The number of para-hydroxylation sites is 1. The van der Waals surface area contributed by atoms with Gasteiger partial charge in [0.1, 0.15) is 11.7 Å². The van der Waals surface area contributed by atoms with Crippen molar-refractivity contribution in [2.75, 3.05) is 13.1 Å². The SMILES string of the molecule is Cc1ccc(O[C@H]2CCN(C(=O)c3cc4ccccc4o3)C2)nn1. The van der Waals surface area contributed by atoms with Crippen molar-refractivity contribution in [3.05, 3.63) is 53.9 Å². The molecule has 0 saturated carbocycles. The molecule has 0 bridgehead atoms. The third-order valence-electron chi connectivity index (χ3n) is 4.13. The van der Waals surface area contributed by atoms with E-state index in [9.17, 15) is 4.79 Å². The number of furan rings is 1. The van der Waals surface area contributed by atoms with Gasteiger partial charge in [-0.05, 0) is 25.1 Å². The Bertz CT molecular complexity index is 840. The van der Waals surface area contributed by atoms with Gasteiger partial charge in [0, 0.05) is 24.4 Å². The highest BCUT2D eigenvalue weighted by Crippen LogP contribution is 2.23. The van der Waals surface area contributed by atoms with Gasteiger partial charge in [-0.1, -0.05) is 18.2 Å². The number of rotatable bonds is 3. The van der Waals surface area contributed by atoms with Crippen molar-refractivity contribution in [1.29, 1.82) is 0 Å². The Hall–Kier alpha value is -2.89. The van der Waals surface area contributed by atoms with Gasteiger partial charge in [0.05, 0.1) is 12.2 Å². The van der Waals surface area contributed by atoms with Gasteiger partial charge in [-0.2, -0.15) is 5.10 Å². The number of carbonyl (C=O) groups excluding carboxylic acids is 1. The lowest BCUT2D eigenvalue weighted by atomic mass is 10.2. The lowest BCUT2D eigenvalue weighted by Gasteiger charge is -2.15. The Morgan fingerprint density at radius 2 is 2.12 bits per heavy atom. The summed E-state index contributed by atoms with van der Waals surface area (Å²) in [5.41, 5.74) is 1.57. The normalized spacial score (nSPS) is 17.4. The van der Waals surface area contributed by atoms with Crippen LogP contribution in [0.5, 0.6) is 5.88 Å². The number of ether oxygens (including phenoxy) is 1. The molecule has 1 aliphatic heterocycles. The van der Waals surface area contributed by atoms with E-state index in [1.165, 1.54) is 0 Å². The number of aromatic nitrogens is 2. The van der Waals surface area contributed by atoms with Crippen LogP contribution < -0.4 is 4.74 Å². The number of nitrogens with zero attached hydrogens (tertiary/aromatic N) is 3. The Labute approximate surface area is 139 Å². The van der Waals surface area contributed by atoms with Crippen molar-refractivity contribution in [3.63, 3.8) is 0 Å². The molecule has 1 aromatic carbocycles. The molecule has 0 radical (unpaired) electrons. The van der Waals surface area contributed by atoms with E-state index in [0.29, 0.717) is 24.7 Å². The lowest BCUT2D eigenvalue weighted by Crippen LogP contribution is -2.30. The average molecular weight is 323 g/mol. The van der Waals surface area contributed by atoms with Gasteiger partial charge in [-0.25, -0.2) is 0 Å². The van der Waals surface area contributed by atoms with E-state index in [1.54, 1.807) is 17.0 Å². The number of benzene rings is 1. The predicted molar refractivity (Wildman–Crippen MR) is 87.9 cm³/mol. The molecule has 6 heteroatoms. The van der Waals surface area contributed by atoms with Gasteiger partial charge >= 0.3 is 0 Å². The largest absolute Gasteiger partial charge is 0.471 e. The van der Waals surface area contributed by atoms with Gasteiger partial charge < -0.3 is 14.1 Å². The molecular formula is C18H17N3O3. The van der Waals surface area contributed by atoms with E-state index in [0.717, 1.165) is 23.1 Å². The number of fused-ring (bicyclic) bond motifs is 1. The monoisotopic (exact) mass is 323 g/mol. The summed E-state index contributed by atoms with van der Waals surface area (Å²) in [7, 11) is 0. The highest BCUT2D eigenvalue weighted by molar-refractivity contribution is 5.96. The maximum atomic E-state index is 12.6. The molecule has 0 N–H and O–H groups in total. The molecule has 3 heterocycles. The second-order valence-electron chi connectivity index (χ2n) is 5.94. The molecule has 0 aliphatic carbocycles. The standard InChI is InChI=1S/C18H17N3O3/c1-12-6-7-17(20-19-12)23-14-8-9-21(11-14)18(22)16-10-13-4-2-3-5-15(13)24-16/h2-7,10,14H,8-9,11H2,1H3/t14-/m0/s1. The molecule has 0 spiro atoms. The van der Waals surface area contributed by atoms with Crippen LogP contribution in [0.1, 0.15) is 22.7 Å². The van der Waals surface area contributed by atoms with Crippen molar-refractivity contribution >= 4 is 16.9 Å². The molecule has 2 aromatic heterocycles. The molecule has 24 heavy (non-hydrogen) atoms. The van der Waals surface area contributed by atoms with Crippen molar-refractivity contribution in [2.24, 2.45) is 0 Å². The first-order valence-corrected chi connectivity index (χ1v) is 7.94. The Kier molecular flexibility index (Phi) is 3.65. The number of aryl methyl sites for hydroxylation is 1. The summed E-state index contributed by atoms with van der Waals surface area (Å²) in [6.07, 6.45) is 0.692. The molecule has 122 valence electrons. The summed E-state index contributed by atoms with van der Waals surface area (Å²) in [4.78, 5) is 14.4. The molecule has 1 aliphatic rings. The van der Waals surface area contributed by atoms with Crippen LogP contribution in [0.2, 0.25) is 0 Å². The van der Waals surface area contributed by atoms with Crippen molar-refractivity contribution in [1.82, 2.24) is 15.1 Å². The van der Waals surface area contributed by atoms with Crippen LogP contribution in [0.15, 0.2) is 46.9 Å². The summed E-state index contributed by atoms with van der Waals surface area (Å²) >= 11 is 0. The Morgan fingerprint density at radius 3 is 2.92 bits per heavy atom. The number of likely N-dealkylation sites (tertiary alicyclic amines) is 1. The highest BCUT2D eigenvalue weighted by Gasteiger charge is 2.30. The third kappa shape index (κ3) is 2.82. The van der Waals surface area contributed by atoms with E-state index in [1.807, 2.05) is 37.3 Å². The molecule has 4 rings (SSSR count). The van der Waals surface area contributed by atoms with Crippen molar-refractivity contribution < 1.29 is 13.9 Å². The Morgan fingerprint density at radius 1 is 1.25 bits per heavy atom. The second kappa shape index (κ2) is 5.96. The number of amides is 1. The van der Waals surface area contributed by atoms with E-state index in [-0.39, 0.29) is 12.0 Å². The molecule has 3 aromatic rings. The molecule has 1 amide bonds. The fourth-order valence-corrected chi connectivity index (χ4v) is 2.87. The maximum Gasteiger partial charge on any atom is 0.289 e. The quantitative estimate of drug-likeness (QED) is 0.741. The predicted octanol–water partition coefficient (Wildman–Crippen LogP) is 2.82. The van der Waals surface area contributed by atoms with Crippen LogP contribution in [-0.2, 0) is 0 Å². The summed E-state index contributed by atoms with van der Waals surface area (Å²) < 4.78 is 11.5.